The first-order chi connectivity index (χ1) is 8.25. The normalized spacial score (nSPS) is 22.8. The van der Waals surface area contributed by atoms with Crippen molar-refractivity contribution in [3.05, 3.63) is 0 Å². The van der Waals surface area contributed by atoms with Crippen LogP contribution >= 0.6 is 0 Å². The molecule has 96 valence electrons. The molecule has 1 saturated heterocycles. The van der Waals surface area contributed by atoms with E-state index in [-0.39, 0.29) is 5.96 Å². The quantitative estimate of drug-likeness (QED) is 0.528. The van der Waals surface area contributed by atoms with E-state index in [1.54, 1.807) is 0 Å². The molecule has 5 heteroatoms. The summed E-state index contributed by atoms with van der Waals surface area (Å²) in [6, 6.07) is 0.426. The van der Waals surface area contributed by atoms with Crippen molar-refractivity contribution in [2.45, 2.75) is 51.0 Å². The Morgan fingerprint density at radius 1 is 0.941 bits per heavy atom. The van der Waals surface area contributed by atoms with Gasteiger partial charge in [-0.2, -0.15) is 4.99 Å². The van der Waals surface area contributed by atoms with Crippen LogP contribution in [0.5, 0.6) is 0 Å². The van der Waals surface area contributed by atoms with Gasteiger partial charge in [0, 0.05) is 13.1 Å². The van der Waals surface area contributed by atoms with E-state index in [9.17, 15) is 0 Å². The van der Waals surface area contributed by atoms with Crippen molar-refractivity contribution in [3.8, 4) is 0 Å². The van der Waals surface area contributed by atoms with Crippen molar-refractivity contribution in [2.24, 2.45) is 21.5 Å². The van der Waals surface area contributed by atoms with Crippen molar-refractivity contribution >= 4 is 11.9 Å². The number of guanidine groups is 2. The highest BCUT2D eigenvalue weighted by Crippen LogP contribution is 2.22. The van der Waals surface area contributed by atoms with E-state index >= 15 is 0 Å². The highest BCUT2D eigenvalue weighted by Gasteiger charge is 2.19. The maximum atomic E-state index is 5.49. The molecule has 0 atom stereocenters. The molecule has 1 heterocycles. The van der Waals surface area contributed by atoms with Crippen molar-refractivity contribution in [1.29, 1.82) is 0 Å². The summed E-state index contributed by atoms with van der Waals surface area (Å²) in [4.78, 5) is 11.2. The monoisotopic (exact) mass is 237 g/mol. The summed E-state index contributed by atoms with van der Waals surface area (Å²) in [6.45, 7) is 2.06. The molecule has 0 unspecified atom stereocenters. The maximum absolute atomic E-state index is 5.49. The molecule has 0 aromatic carbocycles. The lowest BCUT2D eigenvalue weighted by Gasteiger charge is -2.28. The van der Waals surface area contributed by atoms with Gasteiger partial charge in [-0.05, 0) is 32.1 Å². The highest BCUT2D eigenvalue weighted by atomic mass is 15.3. The summed E-state index contributed by atoms with van der Waals surface area (Å²) in [5.74, 6) is 0.879. The van der Waals surface area contributed by atoms with Gasteiger partial charge in [-0.3, -0.25) is 0 Å². The molecule has 0 aromatic heterocycles. The lowest BCUT2D eigenvalue weighted by Crippen LogP contribution is -2.37. The van der Waals surface area contributed by atoms with Crippen LogP contribution in [0.3, 0.4) is 0 Å². The SMILES string of the molecule is NC(N)=NC(=NC1CCCC1)N1CCCCC1. The van der Waals surface area contributed by atoms with Gasteiger partial charge in [0.15, 0.2) is 5.96 Å². The molecule has 2 fully saturated rings. The van der Waals surface area contributed by atoms with Crippen LogP contribution in [0.1, 0.15) is 44.9 Å². The first kappa shape index (κ1) is 12.2. The molecule has 17 heavy (non-hydrogen) atoms. The maximum Gasteiger partial charge on any atom is 0.224 e. The van der Waals surface area contributed by atoms with Gasteiger partial charge < -0.3 is 16.4 Å². The summed E-state index contributed by atoms with van der Waals surface area (Å²) >= 11 is 0. The van der Waals surface area contributed by atoms with Gasteiger partial charge in [0.1, 0.15) is 0 Å². The minimum atomic E-state index is 0.118. The topological polar surface area (TPSA) is 80.0 Å². The number of nitrogens with two attached hydrogens (primary N) is 2. The molecule has 0 spiro atoms. The van der Waals surface area contributed by atoms with Gasteiger partial charge in [-0.25, -0.2) is 4.99 Å². The minimum Gasteiger partial charge on any atom is -0.370 e. The lowest BCUT2D eigenvalue weighted by molar-refractivity contribution is 0.337. The van der Waals surface area contributed by atoms with E-state index in [1.807, 2.05) is 0 Å². The number of likely N-dealkylation sites (tertiary alicyclic amines) is 1. The van der Waals surface area contributed by atoms with E-state index in [0.717, 1.165) is 19.0 Å². The average Bonchev–Trinajstić information content (AvgIpc) is 2.82. The van der Waals surface area contributed by atoms with Gasteiger partial charge in [-0.15, -0.1) is 0 Å². The first-order valence-corrected chi connectivity index (χ1v) is 6.68. The number of hydrogen-bond donors (Lipinski definition) is 2. The molecule has 0 amide bonds. The van der Waals surface area contributed by atoms with Crippen LogP contribution in [0.4, 0.5) is 0 Å². The zero-order valence-electron chi connectivity index (χ0n) is 10.4. The van der Waals surface area contributed by atoms with Gasteiger partial charge in [-0.1, -0.05) is 12.8 Å². The Morgan fingerprint density at radius 2 is 1.59 bits per heavy atom. The second-order valence-electron chi connectivity index (χ2n) is 4.95. The first-order valence-electron chi connectivity index (χ1n) is 6.68. The predicted octanol–water partition coefficient (Wildman–Crippen LogP) is 1.04. The van der Waals surface area contributed by atoms with Crippen LogP contribution in [0, 0.1) is 0 Å². The fourth-order valence-electron chi connectivity index (χ4n) is 2.59. The Bertz CT molecular complexity index is 294. The molecule has 5 nitrogen and oxygen atoms in total. The molecule has 0 bridgehead atoms. The molecule has 2 aliphatic rings. The Hall–Kier alpha value is -1.26. The van der Waals surface area contributed by atoms with Gasteiger partial charge in [0.25, 0.3) is 0 Å². The van der Waals surface area contributed by atoms with Gasteiger partial charge in [0.05, 0.1) is 6.04 Å². The van der Waals surface area contributed by atoms with E-state index in [2.05, 4.69) is 9.89 Å². The summed E-state index contributed by atoms with van der Waals surface area (Å²) in [6.07, 6.45) is 8.64. The van der Waals surface area contributed by atoms with Crippen molar-refractivity contribution < 1.29 is 0 Å². The lowest BCUT2D eigenvalue weighted by atomic mass is 10.1. The van der Waals surface area contributed by atoms with E-state index < -0.39 is 0 Å². The smallest absolute Gasteiger partial charge is 0.224 e. The van der Waals surface area contributed by atoms with E-state index in [0.29, 0.717) is 6.04 Å². The fourth-order valence-corrected chi connectivity index (χ4v) is 2.59. The van der Waals surface area contributed by atoms with E-state index in [4.69, 9.17) is 16.5 Å². The Balaban J connectivity index is 2.08. The van der Waals surface area contributed by atoms with Crippen LogP contribution in [0.15, 0.2) is 9.98 Å². The van der Waals surface area contributed by atoms with Crippen LogP contribution in [-0.2, 0) is 0 Å². The number of hydrogen-bond acceptors (Lipinski definition) is 1. The Morgan fingerprint density at radius 3 is 2.18 bits per heavy atom. The minimum absolute atomic E-state index is 0.118. The van der Waals surface area contributed by atoms with Crippen LogP contribution in [0.2, 0.25) is 0 Å². The summed E-state index contributed by atoms with van der Waals surface area (Å²) < 4.78 is 0. The largest absolute Gasteiger partial charge is 0.370 e. The van der Waals surface area contributed by atoms with Crippen molar-refractivity contribution in [3.63, 3.8) is 0 Å². The molecule has 4 N–H and O–H groups in total. The number of rotatable bonds is 1. The third-order valence-electron chi connectivity index (χ3n) is 3.49. The van der Waals surface area contributed by atoms with Gasteiger partial charge in [0.2, 0.25) is 5.96 Å². The van der Waals surface area contributed by atoms with Crippen LogP contribution in [0.25, 0.3) is 0 Å². The summed E-state index contributed by atoms with van der Waals surface area (Å²) in [5, 5.41) is 0. The molecular formula is C12H23N5. The second kappa shape index (κ2) is 5.89. The molecule has 0 aromatic rings. The van der Waals surface area contributed by atoms with Gasteiger partial charge >= 0.3 is 0 Å². The Kier molecular flexibility index (Phi) is 4.23. The third-order valence-corrected chi connectivity index (χ3v) is 3.49. The number of nitrogens with zero attached hydrogens (tertiary/aromatic N) is 3. The zero-order chi connectivity index (χ0) is 12.1. The second-order valence-corrected chi connectivity index (χ2v) is 4.95. The van der Waals surface area contributed by atoms with E-state index in [1.165, 1.54) is 44.9 Å². The summed E-state index contributed by atoms with van der Waals surface area (Å²) in [7, 11) is 0. The fraction of sp³-hybridized carbons (Fsp3) is 0.833. The number of piperidine rings is 1. The zero-order valence-corrected chi connectivity index (χ0v) is 10.4. The molecule has 1 aliphatic heterocycles. The standard InChI is InChI=1S/C12H23N5/c13-11(14)16-12(15-10-6-2-3-7-10)17-8-4-1-5-9-17/h10H,1-9H2,(H4,13,14,15,16). The highest BCUT2D eigenvalue weighted by molar-refractivity contribution is 5.93. The molecule has 1 saturated carbocycles. The Labute approximate surface area is 103 Å². The van der Waals surface area contributed by atoms with Crippen molar-refractivity contribution in [2.75, 3.05) is 13.1 Å². The predicted molar refractivity (Wildman–Crippen MR) is 70.9 cm³/mol. The van der Waals surface area contributed by atoms with Crippen LogP contribution < -0.4 is 11.5 Å². The van der Waals surface area contributed by atoms with Crippen molar-refractivity contribution in [1.82, 2.24) is 4.90 Å². The average molecular weight is 237 g/mol. The van der Waals surface area contributed by atoms with Crippen LogP contribution in [-0.4, -0.2) is 36.0 Å². The molecular weight excluding hydrogens is 214 g/mol. The third kappa shape index (κ3) is 3.61. The molecule has 0 radical (unpaired) electrons. The molecule has 1 aliphatic carbocycles. The molecule has 2 rings (SSSR count). The summed E-state index contributed by atoms with van der Waals surface area (Å²) in [5.41, 5.74) is 11.0. The number of aliphatic imine (C=N–C) groups is 2.